The topological polar surface area (TPSA) is 30.7 Å². The summed E-state index contributed by atoms with van der Waals surface area (Å²) in [4.78, 5) is 9.16. The lowest BCUT2D eigenvalue weighted by molar-refractivity contribution is 0.679. The van der Waals surface area contributed by atoms with Crippen LogP contribution in [0.2, 0.25) is 5.02 Å². The molecule has 0 saturated carbocycles. The molecule has 0 atom stereocenters. The van der Waals surface area contributed by atoms with Gasteiger partial charge in [0, 0.05) is 17.1 Å². The molecule has 2 heterocycles. The van der Waals surface area contributed by atoms with Gasteiger partial charge in [-0.3, -0.25) is 0 Å². The maximum atomic E-state index is 6.27. The Balaban J connectivity index is 2.14. The predicted molar refractivity (Wildman–Crippen MR) is 82.2 cm³/mol. The molecule has 1 aromatic carbocycles. The molecule has 0 fully saturated rings. The van der Waals surface area contributed by atoms with Gasteiger partial charge < -0.3 is 4.57 Å². The fraction of sp³-hybridized carbons (Fsp3) is 0.250. The van der Waals surface area contributed by atoms with Gasteiger partial charge in [0.1, 0.15) is 11.3 Å². The van der Waals surface area contributed by atoms with Crippen LogP contribution < -0.4 is 0 Å². The van der Waals surface area contributed by atoms with E-state index in [-0.39, 0.29) is 0 Å². The number of hydrogen-bond acceptors (Lipinski definition) is 2. The summed E-state index contributed by atoms with van der Waals surface area (Å²) in [5, 5.41) is 0.778. The van der Waals surface area contributed by atoms with Gasteiger partial charge in [0.2, 0.25) is 0 Å². The summed E-state index contributed by atoms with van der Waals surface area (Å²) in [5.41, 5.74) is 2.93. The van der Waals surface area contributed by atoms with Crippen molar-refractivity contribution in [2.24, 2.45) is 0 Å². The molecule has 0 radical (unpaired) electrons. The molecule has 2 aromatic heterocycles. The number of hydrogen-bond donors (Lipinski definition) is 0. The maximum absolute atomic E-state index is 6.27. The molecule has 0 bridgehead atoms. The molecule has 3 aromatic rings. The van der Waals surface area contributed by atoms with E-state index >= 15 is 0 Å². The predicted octanol–water partition coefficient (Wildman–Crippen LogP) is 4.26. The van der Waals surface area contributed by atoms with Crippen LogP contribution in [-0.2, 0) is 6.54 Å². The Morgan fingerprint density at radius 2 is 1.95 bits per heavy atom. The smallest absolute Gasteiger partial charge is 0.160 e. The van der Waals surface area contributed by atoms with Crippen molar-refractivity contribution in [3.05, 3.63) is 59.0 Å². The first-order valence-corrected chi connectivity index (χ1v) is 7.09. The van der Waals surface area contributed by atoms with Crippen molar-refractivity contribution >= 4 is 22.8 Å². The average molecular weight is 286 g/mol. The molecule has 3 nitrogen and oxygen atoms in total. The van der Waals surface area contributed by atoms with E-state index in [2.05, 4.69) is 23.4 Å². The monoisotopic (exact) mass is 285 g/mol. The fourth-order valence-corrected chi connectivity index (χ4v) is 2.57. The number of aromatic nitrogens is 3. The lowest BCUT2D eigenvalue weighted by Crippen LogP contribution is -2.07. The van der Waals surface area contributed by atoms with E-state index in [0.717, 1.165) is 27.6 Å². The maximum Gasteiger partial charge on any atom is 0.160 e. The Bertz CT molecular complexity index is 746. The summed E-state index contributed by atoms with van der Waals surface area (Å²) in [7, 11) is 0. The van der Waals surface area contributed by atoms with Crippen molar-refractivity contribution in [2.75, 3.05) is 0 Å². The van der Waals surface area contributed by atoms with Crippen LogP contribution in [0.15, 0.2) is 42.6 Å². The second-order valence-electron chi connectivity index (χ2n) is 5.15. The number of imidazole rings is 1. The zero-order valence-corrected chi connectivity index (χ0v) is 12.3. The minimum absolute atomic E-state index is 0.340. The Morgan fingerprint density at radius 1 is 1.15 bits per heavy atom. The van der Waals surface area contributed by atoms with Crippen molar-refractivity contribution in [1.29, 1.82) is 0 Å². The van der Waals surface area contributed by atoms with Crippen LogP contribution in [0.1, 0.15) is 31.2 Å². The van der Waals surface area contributed by atoms with Crippen LogP contribution in [-0.4, -0.2) is 14.5 Å². The van der Waals surface area contributed by atoms with Gasteiger partial charge in [-0.15, -0.1) is 0 Å². The van der Waals surface area contributed by atoms with Gasteiger partial charge in [0.05, 0.1) is 6.54 Å². The minimum Gasteiger partial charge on any atom is -0.308 e. The molecule has 0 aliphatic heterocycles. The van der Waals surface area contributed by atoms with Gasteiger partial charge in [-0.1, -0.05) is 43.6 Å². The second-order valence-corrected chi connectivity index (χ2v) is 5.56. The van der Waals surface area contributed by atoms with Crippen molar-refractivity contribution < 1.29 is 0 Å². The van der Waals surface area contributed by atoms with E-state index in [1.165, 1.54) is 0 Å². The molecule has 0 aliphatic carbocycles. The van der Waals surface area contributed by atoms with E-state index in [1.54, 1.807) is 6.20 Å². The van der Waals surface area contributed by atoms with E-state index < -0.39 is 0 Å². The Morgan fingerprint density at radius 3 is 2.70 bits per heavy atom. The summed E-state index contributed by atoms with van der Waals surface area (Å²) in [5.74, 6) is 1.38. The largest absolute Gasteiger partial charge is 0.308 e. The summed E-state index contributed by atoms with van der Waals surface area (Å²) in [6.45, 7) is 4.98. The molecule has 0 amide bonds. The summed E-state index contributed by atoms with van der Waals surface area (Å²) in [6.07, 6.45) is 1.80. The Kier molecular flexibility index (Phi) is 3.45. The molecule has 4 heteroatoms. The first-order valence-electron chi connectivity index (χ1n) is 6.71. The van der Waals surface area contributed by atoms with Gasteiger partial charge in [0.25, 0.3) is 0 Å². The van der Waals surface area contributed by atoms with Crippen molar-refractivity contribution in [3.8, 4) is 0 Å². The number of pyridine rings is 1. The normalized spacial score (nSPS) is 11.4. The van der Waals surface area contributed by atoms with Crippen LogP contribution in [0.25, 0.3) is 11.2 Å². The van der Waals surface area contributed by atoms with Gasteiger partial charge in [-0.25, -0.2) is 9.97 Å². The first kappa shape index (κ1) is 13.1. The second kappa shape index (κ2) is 5.25. The first-order chi connectivity index (χ1) is 9.66. The van der Waals surface area contributed by atoms with Crippen LogP contribution in [0.4, 0.5) is 0 Å². The number of nitrogens with zero attached hydrogens (tertiary/aromatic N) is 3. The Labute approximate surface area is 123 Å². The van der Waals surface area contributed by atoms with E-state index in [1.807, 2.05) is 36.4 Å². The van der Waals surface area contributed by atoms with Crippen LogP contribution in [0, 0.1) is 0 Å². The van der Waals surface area contributed by atoms with E-state index in [9.17, 15) is 0 Å². The molecular formula is C16H16ClN3. The van der Waals surface area contributed by atoms with Crippen molar-refractivity contribution in [1.82, 2.24) is 14.5 Å². The summed E-state index contributed by atoms with van der Waals surface area (Å²) in [6, 6.07) is 11.8. The third-order valence-electron chi connectivity index (χ3n) is 3.34. The molecule has 0 N–H and O–H groups in total. The number of benzene rings is 1. The van der Waals surface area contributed by atoms with Crippen LogP contribution >= 0.6 is 11.6 Å². The fourth-order valence-electron chi connectivity index (χ4n) is 2.37. The highest BCUT2D eigenvalue weighted by Gasteiger charge is 2.15. The molecule has 0 spiro atoms. The van der Waals surface area contributed by atoms with E-state index in [0.29, 0.717) is 12.5 Å². The molecule has 20 heavy (non-hydrogen) atoms. The van der Waals surface area contributed by atoms with Crippen molar-refractivity contribution in [2.45, 2.75) is 26.3 Å². The zero-order chi connectivity index (χ0) is 14.1. The standard InChI is InChI=1S/C16H16ClN3/c1-11(2)15-19-14-8-5-9-18-16(14)20(15)10-12-6-3-4-7-13(12)17/h3-9,11H,10H2,1-2H3. The Hall–Kier alpha value is -1.87. The molecule has 102 valence electrons. The lowest BCUT2D eigenvalue weighted by atomic mass is 10.2. The molecule has 0 aliphatic rings. The zero-order valence-electron chi connectivity index (χ0n) is 11.5. The third kappa shape index (κ3) is 2.29. The lowest BCUT2D eigenvalue weighted by Gasteiger charge is -2.12. The highest BCUT2D eigenvalue weighted by atomic mass is 35.5. The third-order valence-corrected chi connectivity index (χ3v) is 3.70. The highest BCUT2D eigenvalue weighted by Crippen LogP contribution is 2.24. The molecule has 0 saturated heterocycles. The van der Waals surface area contributed by atoms with Crippen LogP contribution in [0.3, 0.4) is 0 Å². The molecule has 3 rings (SSSR count). The van der Waals surface area contributed by atoms with Gasteiger partial charge in [-0.2, -0.15) is 0 Å². The highest BCUT2D eigenvalue weighted by molar-refractivity contribution is 6.31. The van der Waals surface area contributed by atoms with Gasteiger partial charge in [-0.05, 0) is 23.8 Å². The average Bonchev–Trinajstić information content (AvgIpc) is 2.81. The number of halogens is 1. The molecular weight excluding hydrogens is 270 g/mol. The SMILES string of the molecule is CC(C)c1nc2cccnc2n1Cc1ccccc1Cl. The quantitative estimate of drug-likeness (QED) is 0.720. The number of rotatable bonds is 3. The van der Waals surface area contributed by atoms with Gasteiger partial charge in [0.15, 0.2) is 5.65 Å². The van der Waals surface area contributed by atoms with E-state index in [4.69, 9.17) is 16.6 Å². The molecule has 0 unspecified atom stereocenters. The van der Waals surface area contributed by atoms with Crippen LogP contribution in [0.5, 0.6) is 0 Å². The summed E-state index contributed by atoms with van der Waals surface area (Å²) < 4.78 is 2.15. The minimum atomic E-state index is 0.340. The number of fused-ring (bicyclic) bond motifs is 1. The van der Waals surface area contributed by atoms with Crippen molar-refractivity contribution in [3.63, 3.8) is 0 Å². The summed E-state index contributed by atoms with van der Waals surface area (Å²) >= 11 is 6.27. The van der Waals surface area contributed by atoms with Gasteiger partial charge >= 0.3 is 0 Å².